The van der Waals surface area contributed by atoms with Crippen molar-refractivity contribution < 1.29 is 9.53 Å². The first kappa shape index (κ1) is 23.3. The van der Waals surface area contributed by atoms with Crippen LogP contribution < -0.4 is 5.32 Å². The molecule has 1 unspecified atom stereocenters. The van der Waals surface area contributed by atoms with Gasteiger partial charge in [0.15, 0.2) is 0 Å². The number of para-hydroxylation sites is 1. The number of H-pyrrole nitrogens is 1. The van der Waals surface area contributed by atoms with E-state index in [-0.39, 0.29) is 11.8 Å². The first-order valence-corrected chi connectivity index (χ1v) is 12.8. The van der Waals surface area contributed by atoms with E-state index < -0.39 is 5.60 Å². The number of amides is 1. The van der Waals surface area contributed by atoms with Crippen molar-refractivity contribution >= 4 is 22.5 Å². The van der Waals surface area contributed by atoms with Crippen LogP contribution in [0.5, 0.6) is 0 Å². The molecule has 184 valence electrons. The highest BCUT2D eigenvalue weighted by molar-refractivity contribution is 6.11. The number of carbonyl (C=O) groups excluding carboxylic acids is 1. The Hall–Kier alpha value is -4.15. The zero-order valence-corrected chi connectivity index (χ0v) is 21.3. The van der Waals surface area contributed by atoms with Crippen LogP contribution in [0, 0.1) is 13.8 Å². The summed E-state index contributed by atoms with van der Waals surface area (Å²) < 4.78 is 6.62. The number of hydrogen-bond donors (Lipinski definition) is 2. The zero-order valence-electron chi connectivity index (χ0n) is 21.3. The summed E-state index contributed by atoms with van der Waals surface area (Å²) >= 11 is 0. The first-order valence-electron chi connectivity index (χ1n) is 12.8. The molecule has 0 radical (unpaired) electrons. The maximum absolute atomic E-state index is 14.1. The Morgan fingerprint density at radius 1 is 0.838 bits per heavy atom. The van der Waals surface area contributed by atoms with E-state index in [1.165, 1.54) is 0 Å². The van der Waals surface area contributed by atoms with Crippen LogP contribution in [-0.2, 0) is 15.1 Å². The molecule has 2 N–H and O–H groups in total. The average molecular weight is 487 g/mol. The van der Waals surface area contributed by atoms with E-state index in [4.69, 9.17) is 4.74 Å². The molecule has 0 spiro atoms. The van der Waals surface area contributed by atoms with Gasteiger partial charge in [-0.05, 0) is 43.5 Å². The summed E-state index contributed by atoms with van der Waals surface area (Å²) in [6.07, 6.45) is 0. The van der Waals surface area contributed by atoms with Gasteiger partial charge in [-0.25, -0.2) is 0 Å². The Kier molecular flexibility index (Phi) is 5.69. The molecule has 4 aromatic carbocycles. The van der Waals surface area contributed by atoms with Gasteiger partial charge in [-0.1, -0.05) is 96.6 Å². The highest BCUT2D eigenvalue weighted by Crippen LogP contribution is 2.51. The lowest BCUT2D eigenvalue weighted by Gasteiger charge is -2.31. The highest BCUT2D eigenvalue weighted by atomic mass is 16.5. The van der Waals surface area contributed by atoms with Gasteiger partial charge in [-0.3, -0.25) is 4.79 Å². The maximum atomic E-state index is 14.1. The molecule has 37 heavy (non-hydrogen) atoms. The number of ether oxygens (including phenoxy) is 1. The molecular weight excluding hydrogens is 456 g/mol. The zero-order chi connectivity index (χ0) is 25.6. The predicted octanol–water partition coefficient (Wildman–Crippen LogP) is 7.20. The van der Waals surface area contributed by atoms with Crippen molar-refractivity contribution in [1.29, 1.82) is 0 Å². The summed E-state index contributed by atoms with van der Waals surface area (Å²) in [6.45, 7) is 6.46. The lowest BCUT2D eigenvalue weighted by Crippen LogP contribution is -2.39. The van der Waals surface area contributed by atoms with Gasteiger partial charge >= 0.3 is 0 Å². The minimum atomic E-state index is -1.28. The van der Waals surface area contributed by atoms with Gasteiger partial charge in [0.1, 0.15) is 0 Å². The number of hydrogen-bond acceptors (Lipinski definition) is 2. The van der Waals surface area contributed by atoms with Gasteiger partial charge in [-0.15, -0.1) is 0 Å². The Morgan fingerprint density at radius 3 is 2.11 bits per heavy atom. The molecule has 6 rings (SSSR count). The molecule has 0 saturated carbocycles. The monoisotopic (exact) mass is 486 g/mol. The highest BCUT2D eigenvalue weighted by Gasteiger charge is 2.53. The normalized spacial score (nSPS) is 16.8. The Bertz CT molecular complexity index is 1560. The summed E-state index contributed by atoms with van der Waals surface area (Å²) in [5.74, 6) is -0.270. The van der Waals surface area contributed by atoms with E-state index in [0.29, 0.717) is 6.61 Å². The number of fused-ring (bicyclic) bond motifs is 2. The van der Waals surface area contributed by atoms with E-state index in [2.05, 4.69) is 90.0 Å². The molecule has 1 amide bonds. The van der Waals surface area contributed by atoms with E-state index in [1.807, 2.05) is 38.1 Å². The van der Waals surface area contributed by atoms with Gasteiger partial charge in [0, 0.05) is 40.2 Å². The van der Waals surface area contributed by atoms with Crippen LogP contribution in [0.15, 0.2) is 97.1 Å². The molecule has 0 bridgehead atoms. The molecule has 0 saturated heterocycles. The van der Waals surface area contributed by atoms with Crippen LogP contribution >= 0.6 is 0 Å². The van der Waals surface area contributed by atoms with Gasteiger partial charge < -0.3 is 15.0 Å². The fourth-order valence-electron chi connectivity index (χ4n) is 5.99. The van der Waals surface area contributed by atoms with E-state index in [0.717, 1.165) is 55.7 Å². The summed E-state index contributed by atoms with van der Waals surface area (Å²) in [4.78, 5) is 17.9. The molecule has 0 aliphatic carbocycles. The van der Waals surface area contributed by atoms with Gasteiger partial charge in [-0.2, -0.15) is 0 Å². The molecular formula is C33H30N2O2. The molecule has 1 aliphatic rings. The lowest BCUT2D eigenvalue weighted by molar-refractivity contribution is -0.135. The molecule has 5 aromatic rings. The van der Waals surface area contributed by atoms with Crippen molar-refractivity contribution in [2.75, 3.05) is 11.9 Å². The fraction of sp³-hybridized carbons (Fsp3) is 0.182. The van der Waals surface area contributed by atoms with Crippen LogP contribution in [0.4, 0.5) is 5.69 Å². The van der Waals surface area contributed by atoms with Crippen molar-refractivity contribution in [2.24, 2.45) is 0 Å². The number of aryl methyl sites for hydroxylation is 2. The lowest BCUT2D eigenvalue weighted by atomic mass is 9.78. The molecule has 1 atom stereocenters. The molecule has 2 heterocycles. The number of benzene rings is 4. The fourth-order valence-corrected chi connectivity index (χ4v) is 5.99. The van der Waals surface area contributed by atoms with Gasteiger partial charge in [0.2, 0.25) is 5.60 Å². The average Bonchev–Trinajstić information content (AvgIpc) is 3.42. The summed E-state index contributed by atoms with van der Waals surface area (Å²) in [7, 11) is 0. The second-order valence-corrected chi connectivity index (χ2v) is 9.79. The van der Waals surface area contributed by atoms with Gasteiger partial charge in [0.05, 0.1) is 5.69 Å². The van der Waals surface area contributed by atoms with Crippen LogP contribution in [0.25, 0.3) is 10.9 Å². The number of carbonyl (C=O) groups is 1. The smallest absolute Gasteiger partial charge is 0.266 e. The predicted molar refractivity (Wildman–Crippen MR) is 149 cm³/mol. The molecule has 4 nitrogen and oxygen atoms in total. The topological polar surface area (TPSA) is 54.1 Å². The van der Waals surface area contributed by atoms with Crippen LogP contribution in [-0.4, -0.2) is 17.5 Å². The Labute approximate surface area is 217 Å². The SMILES string of the molecule is CCOC1(c2c(C(c3ccccc3)c3ccccc3)[nH]c3ccccc23)C(=O)Nc2c(C)cc(C)cc21. The maximum Gasteiger partial charge on any atom is 0.266 e. The Morgan fingerprint density at radius 2 is 1.46 bits per heavy atom. The van der Waals surface area contributed by atoms with E-state index >= 15 is 0 Å². The van der Waals surface area contributed by atoms with Crippen molar-refractivity contribution in [3.05, 3.63) is 136 Å². The molecule has 4 heteroatoms. The summed E-state index contributed by atoms with van der Waals surface area (Å²) in [6, 6.07) is 33.3. The van der Waals surface area contributed by atoms with E-state index in [1.54, 1.807) is 0 Å². The number of rotatable bonds is 6. The Balaban J connectivity index is 1.74. The minimum Gasteiger partial charge on any atom is -0.357 e. The van der Waals surface area contributed by atoms with Gasteiger partial charge in [0.25, 0.3) is 5.91 Å². The third-order valence-electron chi connectivity index (χ3n) is 7.42. The largest absolute Gasteiger partial charge is 0.357 e. The standard InChI is InChI=1S/C33H30N2O2/c1-4-37-33(26-20-21(2)19-22(3)30(26)35-32(33)36)29-25-17-11-12-18-27(25)34-31(29)28(23-13-7-5-8-14-23)24-15-9-6-10-16-24/h5-20,28,34H,4H2,1-3H3,(H,35,36). The van der Waals surface area contributed by atoms with Crippen molar-refractivity contribution in [1.82, 2.24) is 4.98 Å². The van der Waals surface area contributed by atoms with Crippen molar-refractivity contribution in [3.8, 4) is 0 Å². The molecule has 0 fully saturated rings. The second-order valence-electron chi connectivity index (χ2n) is 9.79. The van der Waals surface area contributed by atoms with Crippen LogP contribution in [0.2, 0.25) is 0 Å². The van der Waals surface area contributed by atoms with Crippen molar-refractivity contribution in [2.45, 2.75) is 32.3 Å². The number of aromatic nitrogens is 1. The molecule has 1 aromatic heterocycles. The number of nitrogens with one attached hydrogen (secondary N) is 2. The second kappa shape index (κ2) is 9.06. The first-order chi connectivity index (χ1) is 18.0. The minimum absolute atomic E-state index is 0.120. The van der Waals surface area contributed by atoms with Crippen LogP contribution in [0.3, 0.4) is 0 Å². The number of anilines is 1. The van der Waals surface area contributed by atoms with E-state index in [9.17, 15) is 4.79 Å². The quantitative estimate of drug-likeness (QED) is 0.267. The number of aromatic amines is 1. The summed E-state index contributed by atoms with van der Waals surface area (Å²) in [5, 5.41) is 4.18. The molecule has 1 aliphatic heterocycles. The third-order valence-corrected chi connectivity index (χ3v) is 7.42. The summed E-state index contributed by atoms with van der Waals surface area (Å²) in [5.41, 5.74) is 7.69. The van der Waals surface area contributed by atoms with Crippen molar-refractivity contribution in [3.63, 3.8) is 0 Å². The third kappa shape index (κ3) is 3.59. The van der Waals surface area contributed by atoms with Crippen LogP contribution in [0.1, 0.15) is 51.9 Å².